The zero-order chi connectivity index (χ0) is 12.5. The van der Waals surface area contributed by atoms with E-state index < -0.39 is 0 Å². The van der Waals surface area contributed by atoms with Crippen LogP contribution in [0.5, 0.6) is 0 Å². The zero-order valence-electron chi connectivity index (χ0n) is 11.3. The van der Waals surface area contributed by atoms with Crippen molar-refractivity contribution >= 4 is 41.3 Å². The van der Waals surface area contributed by atoms with Crippen molar-refractivity contribution in [2.75, 3.05) is 20.1 Å². The molecule has 0 aromatic carbocycles. The van der Waals surface area contributed by atoms with Crippen LogP contribution in [0, 0.1) is 0 Å². The van der Waals surface area contributed by atoms with Gasteiger partial charge in [0.25, 0.3) is 0 Å². The van der Waals surface area contributed by atoms with Crippen LogP contribution in [0.15, 0.2) is 11.2 Å². The molecule has 0 aliphatic carbocycles. The van der Waals surface area contributed by atoms with E-state index in [-0.39, 0.29) is 24.0 Å². The second-order valence-electron chi connectivity index (χ2n) is 3.75. The maximum atomic E-state index is 4.39. The Bertz CT molecular complexity index is 352. The molecule has 0 saturated heterocycles. The van der Waals surface area contributed by atoms with Crippen molar-refractivity contribution in [2.24, 2.45) is 4.99 Å². The Morgan fingerprint density at radius 1 is 1.33 bits per heavy atom. The largest absolute Gasteiger partial charge is 0.356 e. The highest BCUT2D eigenvalue weighted by Gasteiger charge is 2.01. The van der Waals surface area contributed by atoms with E-state index in [4.69, 9.17) is 0 Å². The molecule has 2 N–H and O–H groups in total. The normalized spacial score (nSPS) is 10.9. The highest BCUT2D eigenvalue weighted by Crippen LogP contribution is 2.13. The minimum absolute atomic E-state index is 0. The molecular weight excluding hydrogens is 359 g/mol. The number of aromatic nitrogens is 1. The quantitative estimate of drug-likeness (QED) is 0.452. The van der Waals surface area contributed by atoms with E-state index in [9.17, 15) is 0 Å². The lowest BCUT2D eigenvalue weighted by atomic mass is 10.4. The van der Waals surface area contributed by atoms with E-state index in [1.54, 1.807) is 18.4 Å². The number of guanidine groups is 1. The fourth-order valence-electron chi connectivity index (χ4n) is 1.38. The molecule has 0 spiro atoms. The Morgan fingerprint density at radius 2 is 2.06 bits per heavy atom. The third kappa shape index (κ3) is 6.53. The molecule has 0 atom stereocenters. The standard InChI is InChI=1S/C12H22N4S.HI/c1-4-7-14-12(13-3)15-8-6-11-16-9-10(5-2)17-11;/h9H,4-8H2,1-3H3,(H2,13,14,15);1H. The average Bonchev–Trinajstić information content (AvgIpc) is 2.81. The molecule has 1 heterocycles. The first kappa shape index (κ1) is 17.6. The molecular formula is C12H23IN4S. The number of aryl methyl sites for hydroxylation is 1. The van der Waals surface area contributed by atoms with Gasteiger partial charge in [-0.1, -0.05) is 13.8 Å². The molecule has 6 heteroatoms. The van der Waals surface area contributed by atoms with Crippen LogP contribution < -0.4 is 10.6 Å². The summed E-state index contributed by atoms with van der Waals surface area (Å²) in [5.74, 6) is 0.874. The van der Waals surface area contributed by atoms with Crippen molar-refractivity contribution in [3.05, 3.63) is 16.1 Å². The van der Waals surface area contributed by atoms with Crippen molar-refractivity contribution in [3.8, 4) is 0 Å². The molecule has 0 amide bonds. The molecule has 4 nitrogen and oxygen atoms in total. The predicted octanol–water partition coefficient (Wildman–Crippen LogP) is 2.44. The van der Waals surface area contributed by atoms with Gasteiger partial charge in [0.2, 0.25) is 0 Å². The van der Waals surface area contributed by atoms with Crippen molar-refractivity contribution in [1.29, 1.82) is 0 Å². The molecule has 0 unspecified atom stereocenters. The first-order chi connectivity index (χ1) is 8.30. The van der Waals surface area contributed by atoms with E-state index in [1.165, 1.54) is 9.88 Å². The van der Waals surface area contributed by atoms with E-state index in [0.717, 1.165) is 38.3 Å². The Balaban J connectivity index is 0.00000289. The molecule has 0 radical (unpaired) electrons. The molecule has 0 bridgehead atoms. The van der Waals surface area contributed by atoms with Crippen LogP contribution in [0.3, 0.4) is 0 Å². The van der Waals surface area contributed by atoms with Gasteiger partial charge in [-0.3, -0.25) is 4.99 Å². The number of hydrogen-bond acceptors (Lipinski definition) is 3. The molecule has 0 saturated carbocycles. The van der Waals surface area contributed by atoms with E-state index in [0.29, 0.717) is 0 Å². The molecule has 1 rings (SSSR count). The van der Waals surface area contributed by atoms with Gasteiger partial charge in [-0.25, -0.2) is 4.98 Å². The number of hydrogen-bond donors (Lipinski definition) is 2. The molecule has 0 aliphatic rings. The SMILES string of the molecule is CCCNC(=NC)NCCc1ncc(CC)s1.I. The van der Waals surface area contributed by atoms with Gasteiger partial charge < -0.3 is 10.6 Å². The molecule has 1 aromatic heterocycles. The van der Waals surface area contributed by atoms with Crippen LogP contribution in [0.4, 0.5) is 0 Å². The lowest BCUT2D eigenvalue weighted by molar-refractivity contribution is 0.772. The van der Waals surface area contributed by atoms with Crippen molar-refractivity contribution < 1.29 is 0 Å². The summed E-state index contributed by atoms with van der Waals surface area (Å²) in [6.45, 7) is 6.13. The summed E-state index contributed by atoms with van der Waals surface area (Å²) in [5, 5.41) is 7.72. The Hall–Kier alpha value is -0.370. The zero-order valence-corrected chi connectivity index (χ0v) is 14.5. The minimum Gasteiger partial charge on any atom is -0.356 e. The van der Waals surface area contributed by atoms with Gasteiger partial charge in [0, 0.05) is 37.6 Å². The number of nitrogens with one attached hydrogen (secondary N) is 2. The molecule has 18 heavy (non-hydrogen) atoms. The molecule has 0 aliphatic heterocycles. The highest BCUT2D eigenvalue weighted by molar-refractivity contribution is 14.0. The van der Waals surface area contributed by atoms with E-state index in [1.807, 2.05) is 6.20 Å². The number of thiazole rings is 1. The van der Waals surface area contributed by atoms with Crippen LogP contribution in [0.2, 0.25) is 0 Å². The second-order valence-corrected chi connectivity index (χ2v) is 4.95. The Morgan fingerprint density at radius 3 is 2.61 bits per heavy atom. The van der Waals surface area contributed by atoms with Crippen molar-refractivity contribution in [1.82, 2.24) is 15.6 Å². The van der Waals surface area contributed by atoms with Gasteiger partial charge in [0.15, 0.2) is 5.96 Å². The average molecular weight is 382 g/mol. The first-order valence-electron chi connectivity index (χ1n) is 6.18. The summed E-state index contributed by atoms with van der Waals surface area (Å²) >= 11 is 1.80. The second kappa shape index (κ2) is 10.5. The molecule has 1 aromatic rings. The summed E-state index contributed by atoms with van der Waals surface area (Å²) in [4.78, 5) is 9.90. The van der Waals surface area contributed by atoms with Crippen LogP contribution >= 0.6 is 35.3 Å². The van der Waals surface area contributed by atoms with Crippen LogP contribution in [-0.4, -0.2) is 31.1 Å². The lowest BCUT2D eigenvalue weighted by Gasteiger charge is -2.09. The van der Waals surface area contributed by atoms with Gasteiger partial charge in [0.1, 0.15) is 0 Å². The third-order valence-electron chi connectivity index (χ3n) is 2.35. The van der Waals surface area contributed by atoms with Crippen LogP contribution in [0.25, 0.3) is 0 Å². The Kier molecular flexibility index (Phi) is 10.3. The lowest BCUT2D eigenvalue weighted by Crippen LogP contribution is -2.38. The number of nitrogens with zero attached hydrogens (tertiary/aromatic N) is 2. The van der Waals surface area contributed by atoms with Gasteiger partial charge in [0.05, 0.1) is 5.01 Å². The van der Waals surface area contributed by atoms with Crippen LogP contribution in [-0.2, 0) is 12.8 Å². The van der Waals surface area contributed by atoms with Crippen molar-refractivity contribution in [3.63, 3.8) is 0 Å². The van der Waals surface area contributed by atoms with Crippen molar-refractivity contribution in [2.45, 2.75) is 33.1 Å². The predicted molar refractivity (Wildman–Crippen MR) is 90.3 cm³/mol. The maximum Gasteiger partial charge on any atom is 0.190 e. The summed E-state index contributed by atoms with van der Waals surface area (Å²) < 4.78 is 0. The fourth-order valence-corrected chi connectivity index (χ4v) is 2.24. The summed E-state index contributed by atoms with van der Waals surface area (Å²) in [7, 11) is 1.80. The van der Waals surface area contributed by atoms with Gasteiger partial charge >= 0.3 is 0 Å². The highest BCUT2D eigenvalue weighted by atomic mass is 127. The summed E-state index contributed by atoms with van der Waals surface area (Å²) in [6.07, 6.45) is 5.11. The fraction of sp³-hybridized carbons (Fsp3) is 0.667. The van der Waals surface area contributed by atoms with Gasteiger partial charge in [-0.15, -0.1) is 35.3 Å². The van der Waals surface area contributed by atoms with E-state index >= 15 is 0 Å². The summed E-state index contributed by atoms with van der Waals surface area (Å²) in [6, 6.07) is 0. The van der Waals surface area contributed by atoms with Gasteiger partial charge in [-0.05, 0) is 12.8 Å². The third-order valence-corrected chi connectivity index (χ3v) is 3.55. The monoisotopic (exact) mass is 382 g/mol. The number of halogens is 1. The first-order valence-corrected chi connectivity index (χ1v) is 6.99. The number of aliphatic imine (C=N–C) groups is 1. The summed E-state index contributed by atoms with van der Waals surface area (Å²) in [5.41, 5.74) is 0. The number of rotatable bonds is 6. The molecule has 104 valence electrons. The van der Waals surface area contributed by atoms with E-state index in [2.05, 4.69) is 34.5 Å². The van der Waals surface area contributed by atoms with Crippen LogP contribution in [0.1, 0.15) is 30.2 Å². The topological polar surface area (TPSA) is 49.3 Å². The maximum absolute atomic E-state index is 4.39. The van der Waals surface area contributed by atoms with Gasteiger partial charge in [-0.2, -0.15) is 0 Å². The Labute approximate surface area is 131 Å². The molecule has 0 fully saturated rings. The smallest absolute Gasteiger partial charge is 0.190 e. The minimum atomic E-state index is 0.